The van der Waals surface area contributed by atoms with Gasteiger partial charge in [0.2, 0.25) is 11.8 Å². The molecule has 1 aliphatic carbocycles. The first-order valence-electron chi connectivity index (χ1n) is 10.0. The molecule has 3 fully saturated rings. The molecule has 2 saturated heterocycles. The van der Waals surface area contributed by atoms with Gasteiger partial charge in [-0.2, -0.15) is 0 Å². The Morgan fingerprint density at radius 2 is 1.88 bits per heavy atom. The van der Waals surface area contributed by atoms with Gasteiger partial charge in [0, 0.05) is 19.1 Å². The van der Waals surface area contributed by atoms with E-state index in [1.165, 1.54) is 6.42 Å². The zero-order valence-corrected chi connectivity index (χ0v) is 15.9. The topological polar surface area (TPSA) is 73.5 Å². The number of nitrogens with zero attached hydrogens (tertiary/aromatic N) is 1. The number of likely N-dealkylation sites (N-methyl/N-ethyl adjacent to an activating group) is 1. The Bertz CT molecular complexity index is 492. The van der Waals surface area contributed by atoms with Crippen molar-refractivity contribution in [2.75, 3.05) is 20.1 Å². The van der Waals surface area contributed by atoms with Crippen molar-refractivity contribution in [2.24, 2.45) is 11.8 Å². The van der Waals surface area contributed by atoms with Gasteiger partial charge in [-0.25, -0.2) is 0 Å². The van der Waals surface area contributed by atoms with E-state index < -0.39 is 0 Å². The third-order valence-electron chi connectivity index (χ3n) is 6.53. The molecule has 3 rings (SSSR count). The summed E-state index contributed by atoms with van der Waals surface area (Å²) in [5.41, 5.74) is 0. The first-order chi connectivity index (χ1) is 12.0. The molecule has 25 heavy (non-hydrogen) atoms. The van der Waals surface area contributed by atoms with Crippen molar-refractivity contribution >= 4 is 11.8 Å². The molecule has 0 bridgehead atoms. The molecule has 1 saturated carbocycles. The maximum absolute atomic E-state index is 13.4. The highest BCUT2D eigenvalue weighted by molar-refractivity contribution is 5.90. The van der Waals surface area contributed by atoms with Crippen molar-refractivity contribution in [3.63, 3.8) is 0 Å². The second-order valence-corrected chi connectivity index (χ2v) is 8.20. The minimum atomic E-state index is -0.366. The molecule has 0 aromatic carbocycles. The van der Waals surface area contributed by atoms with E-state index in [9.17, 15) is 9.59 Å². The Labute approximate surface area is 151 Å². The van der Waals surface area contributed by atoms with E-state index in [1.807, 2.05) is 6.92 Å². The van der Waals surface area contributed by atoms with E-state index in [4.69, 9.17) is 0 Å². The Morgan fingerprint density at radius 1 is 1.16 bits per heavy atom. The van der Waals surface area contributed by atoms with Crippen molar-refractivity contribution in [1.29, 1.82) is 0 Å². The van der Waals surface area contributed by atoms with Crippen LogP contribution in [0.4, 0.5) is 0 Å². The number of hydrogen-bond donors (Lipinski definition) is 3. The summed E-state index contributed by atoms with van der Waals surface area (Å²) in [6, 6.07) is 0.0718. The van der Waals surface area contributed by atoms with Crippen LogP contribution in [0.5, 0.6) is 0 Å². The fourth-order valence-electron chi connectivity index (χ4n) is 4.89. The number of likely N-dealkylation sites (tertiary alicyclic amines) is 1. The average molecular weight is 351 g/mol. The molecular formula is C19H34N4O2. The first kappa shape index (κ1) is 18.6. The summed E-state index contributed by atoms with van der Waals surface area (Å²) < 4.78 is 0. The van der Waals surface area contributed by atoms with Crippen molar-refractivity contribution in [3.8, 4) is 0 Å². The molecule has 0 spiro atoms. The van der Waals surface area contributed by atoms with E-state index in [2.05, 4.69) is 27.8 Å². The zero-order valence-electron chi connectivity index (χ0n) is 15.9. The molecular weight excluding hydrogens is 316 g/mol. The van der Waals surface area contributed by atoms with Gasteiger partial charge in [0.05, 0.1) is 12.1 Å². The fourth-order valence-corrected chi connectivity index (χ4v) is 4.89. The Morgan fingerprint density at radius 3 is 2.56 bits per heavy atom. The van der Waals surface area contributed by atoms with Crippen LogP contribution in [0, 0.1) is 11.8 Å². The van der Waals surface area contributed by atoms with Crippen molar-refractivity contribution in [1.82, 2.24) is 20.9 Å². The molecule has 6 heteroatoms. The van der Waals surface area contributed by atoms with E-state index in [-0.39, 0.29) is 35.9 Å². The molecule has 3 N–H and O–H groups in total. The second kappa shape index (κ2) is 8.04. The quantitative estimate of drug-likeness (QED) is 0.688. The van der Waals surface area contributed by atoms with Crippen LogP contribution < -0.4 is 16.0 Å². The molecule has 2 heterocycles. The van der Waals surface area contributed by atoms with Crippen LogP contribution in [-0.2, 0) is 9.59 Å². The number of amides is 2. The van der Waals surface area contributed by atoms with Crippen LogP contribution in [-0.4, -0.2) is 61.0 Å². The maximum Gasteiger partial charge on any atom is 0.245 e. The SMILES string of the molecule is CNC(C)C(=O)NC(C(=O)N1CCC2NCC(C)C21)C1CCCCC1. The molecule has 6 nitrogen and oxygen atoms in total. The van der Waals surface area contributed by atoms with Gasteiger partial charge in [-0.1, -0.05) is 26.2 Å². The summed E-state index contributed by atoms with van der Waals surface area (Å²) in [5, 5.41) is 9.62. The van der Waals surface area contributed by atoms with Gasteiger partial charge in [0.15, 0.2) is 0 Å². The minimum absolute atomic E-state index is 0.0697. The zero-order chi connectivity index (χ0) is 18.0. The molecule has 0 radical (unpaired) electrons. The molecule has 5 unspecified atom stereocenters. The number of carbonyl (C=O) groups excluding carboxylic acids is 2. The fraction of sp³-hybridized carbons (Fsp3) is 0.895. The third kappa shape index (κ3) is 3.85. The Hall–Kier alpha value is -1.14. The summed E-state index contributed by atoms with van der Waals surface area (Å²) >= 11 is 0. The van der Waals surface area contributed by atoms with Crippen LogP contribution in [0.1, 0.15) is 52.4 Å². The number of fused-ring (bicyclic) bond motifs is 1. The van der Waals surface area contributed by atoms with E-state index in [1.54, 1.807) is 7.05 Å². The molecule has 2 aliphatic heterocycles. The highest BCUT2D eigenvalue weighted by Gasteiger charge is 2.46. The highest BCUT2D eigenvalue weighted by Crippen LogP contribution is 2.33. The molecule has 142 valence electrons. The minimum Gasteiger partial charge on any atom is -0.343 e. The third-order valence-corrected chi connectivity index (χ3v) is 6.53. The lowest BCUT2D eigenvalue weighted by Gasteiger charge is -2.36. The lowest BCUT2D eigenvalue weighted by Crippen LogP contribution is -2.57. The van der Waals surface area contributed by atoms with Crippen molar-refractivity contribution in [2.45, 2.75) is 76.5 Å². The second-order valence-electron chi connectivity index (χ2n) is 8.20. The van der Waals surface area contributed by atoms with Crippen molar-refractivity contribution in [3.05, 3.63) is 0 Å². The van der Waals surface area contributed by atoms with Gasteiger partial charge in [-0.15, -0.1) is 0 Å². The van der Waals surface area contributed by atoms with Crippen LogP contribution in [0.3, 0.4) is 0 Å². The summed E-state index contributed by atoms with van der Waals surface area (Å²) in [5.74, 6) is 0.833. The van der Waals surface area contributed by atoms with Gasteiger partial charge in [0.25, 0.3) is 0 Å². The summed E-state index contributed by atoms with van der Waals surface area (Å²) in [6.45, 7) is 5.86. The van der Waals surface area contributed by atoms with Crippen LogP contribution in [0.2, 0.25) is 0 Å². The van der Waals surface area contributed by atoms with Gasteiger partial charge in [-0.3, -0.25) is 9.59 Å². The normalized spacial score (nSPS) is 32.3. The summed E-state index contributed by atoms with van der Waals surface area (Å²) in [4.78, 5) is 28.0. The first-order valence-corrected chi connectivity index (χ1v) is 10.0. The van der Waals surface area contributed by atoms with Gasteiger partial charge in [0.1, 0.15) is 6.04 Å². The van der Waals surface area contributed by atoms with Gasteiger partial charge < -0.3 is 20.9 Å². The van der Waals surface area contributed by atoms with E-state index in [0.717, 1.165) is 45.2 Å². The van der Waals surface area contributed by atoms with Crippen LogP contribution in [0.25, 0.3) is 0 Å². The predicted octanol–water partition coefficient (Wildman–Crippen LogP) is 0.868. The number of rotatable bonds is 5. The molecule has 0 aromatic rings. The lowest BCUT2D eigenvalue weighted by molar-refractivity contribution is -0.140. The predicted molar refractivity (Wildman–Crippen MR) is 98.1 cm³/mol. The smallest absolute Gasteiger partial charge is 0.245 e. The molecule has 0 aromatic heterocycles. The summed E-state index contributed by atoms with van der Waals surface area (Å²) in [7, 11) is 1.78. The lowest BCUT2D eigenvalue weighted by atomic mass is 9.83. The van der Waals surface area contributed by atoms with E-state index >= 15 is 0 Å². The standard InChI is InChI=1S/C19H34N4O2/c1-12-11-21-15-9-10-23(17(12)15)19(25)16(14-7-5-4-6-8-14)22-18(24)13(2)20-3/h12-17,20-21H,4-11H2,1-3H3,(H,22,24). The largest absolute Gasteiger partial charge is 0.343 e. The Kier molecular flexibility index (Phi) is 6.00. The number of nitrogens with one attached hydrogen (secondary N) is 3. The number of hydrogen-bond acceptors (Lipinski definition) is 4. The molecule has 5 atom stereocenters. The Balaban J connectivity index is 1.75. The molecule has 2 amide bonds. The monoisotopic (exact) mass is 350 g/mol. The van der Waals surface area contributed by atoms with E-state index in [0.29, 0.717) is 12.0 Å². The van der Waals surface area contributed by atoms with Gasteiger partial charge in [-0.05, 0) is 45.1 Å². The van der Waals surface area contributed by atoms with Gasteiger partial charge >= 0.3 is 0 Å². The highest BCUT2D eigenvalue weighted by atomic mass is 16.2. The maximum atomic E-state index is 13.4. The average Bonchev–Trinajstić information content (AvgIpc) is 3.22. The number of carbonyl (C=O) groups is 2. The van der Waals surface area contributed by atoms with Crippen LogP contribution >= 0.6 is 0 Å². The molecule has 3 aliphatic rings. The summed E-state index contributed by atoms with van der Waals surface area (Å²) in [6.07, 6.45) is 6.68. The van der Waals surface area contributed by atoms with Crippen molar-refractivity contribution < 1.29 is 9.59 Å². The van der Waals surface area contributed by atoms with Crippen LogP contribution in [0.15, 0.2) is 0 Å².